The molecule has 3 N–H and O–H groups in total. The molecule has 2 aliphatic rings. The van der Waals surface area contributed by atoms with E-state index in [0.717, 1.165) is 81.4 Å². The van der Waals surface area contributed by atoms with Crippen molar-refractivity contribution >= 4 is 23.6 Å². The van der Waals surface area contributed by atoms with E-state index in [1.54, 1.807) is 29.4 Å². The van der Waals surface area contributed by atoms with Gasteiger partial charge in [0.25, 0.3) is 0 Å². The van der Waals surface area contributed by atoms with E-state index in [-0.39, 0.29) is 18.2 Å². The summed E-state index contributed by atoms with van der Waals surface area (Å²) in [5.74, 6) is -0.486. The zero-order chi connectivity index (χ0) is 26.7. The third kappa shape index (κ3) is 7.76. The number of amides is 2. The summed E-state index contributed by atoms with van der Waals surface area (Å²) >= 11 is 0. The highest BCUT2D eigenvalue weighted by Crippen LogP contribution is 2.21. The first-order chi connectivity index (χ1) is 18.5. The first-order valence-electron chi connectivity index (χ1n) is 14.0. The lowest BCUT2D eigenvalue weighted by molar-refractivity contribution is -0.144. The summed E-state index contributed by atoms with van der Waals surface area (Å²) in [6, 6.07) is 6.33. The molecule has 2 unspecified atom stereocenters. The third-order valence-electron chi connectivity index (χ3n) is 7.47. The Morgan fingerprint density at radius 1 is 1.05 bits per heavy atom. The fourth-order valence-electron chi connectivity index (χ4n) is 5.33. The van der Waals surface area contributed by atoms with Crippen LogP contribution in [-0.2, 0) is 33.6 Å². The second-order valence-corrected chi connectivity index (χ2v) is 10.3. The van der Waals surface area contributed by atoms with Crippen LogP contribution < -0.4 is 10.6 Å². The molecule has 38 heavy (non-hydrogen) atoms. The molecule has 0 aliphatic carbocycles. The predicted molar refractivity (Wildman–Crippen MR) is 145 cm³/mol. The standard InChI is InChI=1S/C29H39N5O4/c35-26(20-21-14-17-30-18-15-21)34-19-7-11-25(34)28(36)33-24(29(37)38)10-5-3-1-2-4-9-23-13-12-22-8-6-16-31-27(22)32-23/h12-15,17-18,24-25H,1-11,16,19-20H2,(H,31,32)(H,33,36)(H,37,38). The molecule has 2 atom stereocenters. The van der Waals surface area contributed by atoms with E-state index in [9.17, 15) is 19.5 Å². The number of anilines is 1. The van der Waals surface area contributed by atoms with E-state index in [0.29, 0.717) is 19.4 Å². The molecule has 9 heteroatoms. The Bertz CT molecular complexity index is 1090. The monoisotopic (exact) mass is 521 g/mol. The summed E-state index contributed by atoms with van der Waals surface area (Å²) in [7, 11) is 0. The summed E-state index contributed by atoms with van der Waals surface area (Å²) in [4.78, 5) is 47.9. The lowest BCUT2D eigenvalue weighted by Crippen LogP contribution is -2.51. The van der Waals surface area contributed by atoms with Gasteiger partial charge in [-0.2, -0.15) is 0 Å². The third-order valence-corrected chi connectivity index (χ3v) is 7.47. The molecular formula is C29H39N5O4. The van der Waals surface area contributed by atoms with Crippen LogP contribution in [0.25, 0.3) is 0 Å². The maximum atomic E-state index is 12.9. The first-order valence-corrected chi connectivity index (χ1v) is 14.0. The summed E-state index contributed by atoms with van der Waals surface area (Å²) < 4.78 is 0. The molecule has 2 aromatic rings. The quantitative estimate of drug-likeness (QED) is 0.345. The number of nitrogens with zero attached hydrogens (tertiary/aromatic N) is 3. The molecule has 9 nitrogen and oxygen atoms in total. The van der Waals surface area contributed by atoms with E-state index >= 15 is 0 Å². The van der Waals surface area contributed by atoms with Crippen LogP contribution in [0.15, 0.2) is 36.7 Å². The molecule has 0 spiro atoms. The van der Waals surface area contributed by atoms with Gasteiger partial charge in [-0.05, 0) is 74.3 Å². The van der Waals surface area contributed by atoms with Gasteiger partial charge in [-0.3, -0.25) is 14.6 Å². The highest BCUT2D eigenvalue weighted by atomic mass is 16.4. The molecule has 2 amide bonds. The number of hydrogen-bond acceptors (Lipinski definition) is 6. The zero-order valence-corrected chi connectivity index (χ0v) is 22.0. The van der Waals surface area contributed by atoms with Crippen molar-refractivity contribution in [2.45, 2.75) is 89.1 Å². The highest BCUT2D eigenvalue weighted by Gasteiger charge is 2.35. The molecule has 4 rings (SSSR count). The Kier molecular flexibility index (Phi) is 10.1. The fourth-order valence-corrected chi connectivity index (χ4v) is 5.33. The molecular weight excluding hydrogens is 482 g/mol. The number of carbonyl (C=O) groups is 3. The fraction of sp³-hybridized carbons (Fsp3) is 0.552. The molecule has 2 aromatic heterocycles. The molecule has 2 aliphatic heterocycles. The number of aromatic nitrogens is 2. The molecule has 0 saturated carbocycles. The van der Waals surface area contributed by atoms with E-state index in [2.05, 4.69) is 27.8 Å². The lowest BCUT2D eigenvalue weighted by atomic mass is 10.0. The number of pyridine rings is 2. The van der Waals surface area contributed by atoms with Crippen molar-refractivity contribution in [2.24, 2.45) is 0 Å². The Morgan fingerprint density at radius 2 is 1.84 bits per heavy atom. The number of aliphatic carboxylic acids is 1. The van der Waals surface area contributed by atoms with Crippen LogP contribution in [0, 0.1) is 0 Å². The smallest absolute Gasteiger partial charge is 0.326 e. The largest absolute Gasteiger partial charge is 0.480 e. The van der Waals surface area contributed by atoms with Crippen molar-refractivity contribution in [2.75, 3.05) is 18.4 Å². The summed E-state index contributed by atoms with van der Waals surface area (Å²) in [6.07, 6.45) is 13.1. The number of carboxylic acids is 1. The number of rotatable bonds is 13. The predicted octanol–water partition coefficient (Wildman–Crippen LogP) is 3.52. The van der Waals surface area contributed by atoms with Crippen molar-refractivity contribution in [3.05, 3.63) is 53.5 Å². The van der Waals surface area contributed by atoms with Gasteiger partial charge in [0.2, 0.25) is 11.8 Å². The molecule has 0 aromatic carbocycles. The van der Waals surface area contributed by atoms with Gasteiger partial charge in [0.1, 0.15) is 17.9 Å². The maximum Gasteiger partial charge on any atom is 0.326 e. The average molecular weight is 522 g/mol. The number of fused-ring (bicyclic) bond motifs is 1. The highest BCUT2D eigenvalue weighted by molar-refractivity contribution is 5.91. The lowest BCUT2D eigenvalue weighted by Gasteiger charge is -2.25. The number of unbranched alkanes of at least 4 members (excludes halogenated alkanes) is 4. The molecule has 0 radical (unpaired) electrons. The van der Waals surface area contributed by atoms with Crippen LogP contribution in [0.1, 0.15) is 74.6 Å². The van der Waals surface area contributed by atoms with Crippen LogP contribution in [0.5, 0.6) is 0 Å². The van der Waals surface area contributed by atoms with Crippen molar-refractivity contribution in [3.8, 4) is 0 Å². The van der Waals surface area contributed by atoms with E-state index in [4.69, 9.17) is 4.98 Å². The van der Waals surface area contributed by atoms with Gasteiger partial charge in [0, 0.05) is 31.2 Å². The number of carboxylic acid groups (broad SMARTS) is 1. The van der Waals surface area contributed by atoms with Crippen LogP contribution in [-0.4, -0.2) is 62.9 Å². The van der Waals surface area contributed by atoms with Gasteiger partial charge in [-0.15, -0.1) is 0 Å². The number of nitrogens with one attached hydrogen (secondary N) is 2. The minimum Gasteiger partial charge on any atom is -0.480 e. The summed E-state index contributed by atoms with van der Waals surface area (Å²) in [6.45, 7) is 1.50. The minimum absolute atomic E-state index is 0.123. The Labute approximate surface area is 224 Å². The van der Waals surface area contributed by atoms with Gasteiger partial charge in [0.05, 0.1) is 6.42 Å². The van der Waals surface area contributed by atoms with Gasteiger partial charge < -0.3 is 20.6 Å². The van der Waals surface area contributed by atoms with Crippen LogP contribution in [0.2, 0.25) is 0 Å². The number of hydrogen-bond donors (Lipinski definition) is 3. The molecule has 204 valence electrons. The topological polar surface area (TPSA) is 125 Å². The van der Waals surface area contributed by atoms with Gasteiger partial charge >= 0.3 is 5.97 Å². The van der Waals surface area contributed by atoms with E-state index < -0.39 is 18.1 Å². The van der Waals surface area contributed by atoms with Gasteiger partial charge in [0.15, 0.2) is 0 Å². The summed E-state index contributed by atoms with van der Waals surface area (Å²) in [5, 5.41) is 15.8. The number of carbonyl (C=O) groups excluding carboxylic acids is 2. The van der Waals surface area contributed by atoms with Crippen molar-refractivity contribution in [1.29, 1.82) is 0 Å². The Balaban J connectivity index is 1.15. The normalized spacial score (nSPS) is 17.4. The average Bonchev–Trinajstić information content (AvgIpc) is 3.43. The number of aryl methyl sites for hydroxylation is 2. The van der Waals surface area contributed by atoms with Crippen molar-refractivity contribution < 1.29 is 19.5 Å². The van der Waals surface area contributed by atoms with E-state index in [1.165, 1.54) is 5.56 Å². The van der Waals surface area contributed by atoms with Gasteiger partial charge in [-0.1, -0.05) is 31.7 Å². The van der Waals surface area contributed by atoms with Crippen molar-refractivity contribution in [1.82, 2.24) is 20.2 Å². The molecule has 0 bridgehead atoms. The zero-order valence-electron chi connectivity index (χ0n) is 22.0. The van der Waals surface area contributed by atoms with Crippen molar-refractivity contribution in [3.63, 3.8) is 0 Å². The Morgan fingerprint density at radius 3 is 2.66 bits per heavy atom. The van der Waals surface area contributed by atoms with Crippen LogP contribution in [0.4, 0.5) is 5.82 Å². The first kappa shape index (κ1) is 27.5. The molecule has 1 fully saturated rings. The molecule has 4 heterocycles. The second kappa shape index (κ2) is 13.9. The number of likely N-dealkylation sites (tertiary alicyclic amines) is 1. The van der Waals surface area contributed by atoms with Crippen LogP contribution >= 0.6 is 0 Å². The maximum absolute atomic E-state index is 12.9. The van der Waals surface area contributed by atoms with Gasteiger partial charge in [-0.25, -0.2) is 9.78 Å². The Hall–Kier alpha value is -3.49. The minimum atomic E-state index is -1.03. The SMILES string of the molecule is O=C(O)C(CCCCCCCc1ccc2c(n1)NCCC2)NC(=O)C1CCCN1C(=O)Cc1ccncc1. The van der Waals surface area contributed by atoms with E-state index in [1.807, 2.05) is 0 Å². The summed E-state index contributed by atoms with van der Waals surface area (Å²) in [5.41, 5.74) is 3.26. The molecule has 1 saturated heterocycles. The second-order valence-electron chi connectivity index (χ2n) is 10.3. The van der Waals surface area contributed by atoms with Crippen LogP contribution in [0.3, 0.4) is 0 Å².